The fraction of sp³-hybridized carbons (Fsp3) is 0.100. The summed E-state index contributed by atoms with van der Waals surface area (Å²) in [5.41, 5.74) is 2.08. The molecular formula is C20H14N2O3. The summed E-state index contributed by atoms with van der Waals surface area (Å²) in [6.45, 7) is 0. The minimum atomic E-state index is -0.0860. The van der Waals surface area contributed by atoms with Gasteiger partial charge in [-0.1, -0.05) is 18.2 Å². The van der Waals surface area contributed by atoms with E-state index < -0.39 is 0 Å². The Labute approximate surface area is 142 Å². The second kappa shape index (κ2) is 4.83. The number of ether oxygens (including phenoxy) is 2. The van der Waals surface area contributed by atoms with Crippen LogP contribution in [0.1, 0.15) is 0 Å². The van der Waals surface area contributed by atoms with E-state index in [4.69, 9.17) is 14.5 Å². The van der Waals surface area contributed by atoms with Gasteiger partial charge in [-0.3, -0.25) is 9.20 Å². The highest BCUT2D eigenvalue weighted by atomic mass is 16.5. The van der Waals surface area contributed by atoms with Gasteiger partial charge in [-0.15, -0.1) is 0 Å². The van der Waals surface area contributed by atoms with Crippen molar-refractivity contribution in [1.82, 2.24) is 9.38 Å². The van der Waals surface area contributed by atoms with Gasteiger partial charge in [-0.2, -0.15) is 0 Å². The number of fused-ring (bicyclic) bond motifs is 4. The van der Waals surface area contributed by atoms with E-state index in [-0.39, 0.29) is 5.56 Å². The van der Waals surface area contributed by atoms with E-state index in [9.17, 15) is 4.79 Å². The molecule has 0 aliphatic rings. The smallest absolute Gasteiger partial charge is 0.264 e. The molecule has 2 heterocycles. The molecule has 0 aliphatic carbocycles. The normalized spacial score (nSPS) is 11.8. The second-order valence-corrected chi connectivity index (χ2v) is 5.97. The van der Waals surface area contributed by atoms with Crippen molar-refractivity contribution in [2.45, 2.75) is 0 Å². The van der Waals surface area contributed by atoms with Crippen molar-refractivity contribution in [2.24, 2.45) is 0 Å². The van der Waals surface area contributed by atoms with Gasteiger partial charge in [0.1, 0.15) is 17.1 Å². The minimum absolute atomic E-state index is 0.0860. The molecule has 0 amide bonds. The zero-order chi connectivity index (χ0) is 17.1. The van der Waals surface area contributed by atoms with Crippen molar-refractivity contribution in [1.29, 1.82) is 0 Å². The van der Waals surface area contributed by atoms with Crippen LogP contribution >= 0.6 is 0 Å². The van der Waals surface area contributed by atoms with Gasteiger partial charge in [0, 0.05) is 27.6 Å². The Hall–Kier alpha value is -3.34. The van der Waals surface area contributed by atoms with E-state index in [1.165, 1.54) is 0 Å². The molecule has 0 aliphatic heterocycles. The molecule has 122 valence electrons. The van der Waals surface area contributed by atoms with Crippen molar-refractivity contribution in [3.63, 3.8) is 0 Å². The molecule has 0 unspecified atom stereocenters. The topological polar surface area (TPSA) is 52.8 Å². The molecule has 5 rings (SSSR count). The number of hydrogen-bond acceptors (Lipinski definition) is 4. The Morgan fingerprint density at radius 1 is 0.920 bits per heavy atom. The summed E-state index contributed by atoms with van der Waals surface area (Å²) in [7, 11) is 3.25. The molecule has 0 atom stereocenters. The molecule has 0 spiro atoms. The van der Waals surface area contributed by atoms with E-state index in [2.05, 4.69) is 0 Å². The number of rotatable bonds is 2. The largest absolute Gasteiger partial charge is 0.497 e. The lowest BCUT2D eigenvalue weighted by Crippen LogP contribution is -2.13. The zero-order valence-electron chi connectivity index (χ0n) is 13.7. The molecule has 0 fully saturated rings. The van der Waals surface area contributed by atoms with Crippen LogP contribution in [0.2, 0.25) is 0 Å². The summed E-state index contributed by atoms with van der Waals surface area (Å²) in [5, 5.41) is 3.39. The van der Waals surface area contributed by atoms with E-state index >= 15 is 0 Å². The predicted octanol–water partition coefficient (Wildman–Crippen LogP) is 3.61. The maximum Gasteiger partial charge on any atom is 0.264 e. The van der Waals surface area contributed by atoms with E-state index in [0.29, 0.717) is 16.8 Å². The number of pyridine rings is 1. The van der Waals surface area contributed by atoms with E-state index in [0.717, 1.165) is 32.9 Å². The summed E-state index contributed by atoms with van der Waals surface area (Å²) >= 11 is 0. The number of methoxy groups -OCH3 is 2. The van der Waals surface area contributed by atoms with Crippen LogP contribution in [0.3, 0.4) is 0 Å². The lowest BCUT2D eigenvalue weighted by atomic mass is 10.0. The number of benzene rings is 3. The highest BCUT2D eigenvalue weighted by Crippen LogP contribution is 2.34. The van der Waals surface area contributed by atoms with Crippen LogP contribution in [0.15, 0.2) is 53.3 Å². The number of nitrogens with zero attached hydrogens (tertiary/aromatic N) is 2. The van der Waals surface area contributed by atoms with Crippen LogP contribution in [0.25, 0.3) is 38.2 Å². The third kappa shape index (κ3) is 1.72. The first-order valence-corrected chi connectivity index (χ1v) is 7.94. The van der Waals surface area contributed by atoms with Gasteiger partial charge in [0.25, 0.3) is 5.56 Å². The average molecular weight is 330 g/mol. The molecule has 0 N–H and O–H groups in total. The van der Waals surface area contributed by atoms with Gasteiger partial charge in [-0.05, 0) is 24.3 Å². The van der Waals surface area contributed by atoms with Crippen LogP contribution in [0, 0.1) is 0 Å². The molecule has 25 heavy (non-hydrogen) atoms. The molecular weight excluding hydrogens is 316 g/mol. The summed E-state index contributed by atoms with van der Waals surface area (Å²) < 4.78 is 12.4. The van der Waals surface area contributed by atoms with Crippen LogP contribution in [-0.4, -0.2) is 23.6 Å². The SMILES string of the molecule is COc1ccc2nc3c4cccc5c(OC)ccc(c(=O)n3c2c1)c54. The Kier molecular flexibility index (Phi) is 2.71. The second-order valence-electron chi connectivity index (χ2n) is 5.97. The van der Waals surface area contributed by atoms with Gasteiger partial charge < -0.3 is 9.47 Å². The lowest BCUT2D eigenvalue weighted by molar-refractivity contribution is 0.415. The third-order valence-corrected chi connectivity index (χ3v) is 4.76. The molecule has 5 heteroatoms. The quantitative estimate of drug-likeness (QED) is 0.496. The maximum absolute atomic E-state index is 13.2. The van der Waals surface area contributed by atoms with Crippen LogP contribution < -0.4 is 15.0 Å². The van der Waals surface area contributed by atoms with Crippen molar-refractivity contribution in [3.8, 4) is 11.5 Å². The fourth-order valence-electron chi connectivity index (χ4n) is 3.61. The molecule has 2 aromatic heterocycles. The first kappa shape index (κ1) is 14.0. The van der Waals surface area contributed by atoms with Crippen molar-refractivity contribution in [3.05, 3.63) is 58.9 Å². The van der Waals surface area contributed by atoms with Gasteiger partial charge in [-0.25, -0.2) is 4.98 Å². The summed E-state index contributed by atoms with van der Waals surface area (Å²) in [6, 6.07) is 15.2. The van der Waals surface area contributed by atoms with Gasteiger partial charge in [0.2, 0.25) is 0 Å². The summed E-state index contributed by atoms with van der Waals surface area (Å²) in [5.74, 6) is 1.45. The van der Waals surface area contributed by atoms with Crippen LogP contribution in [0.5, 0.6) is 11.5 Å². The van der Waals surface area contributed by atoms with E-state index in [1.807, 2.05) is 48.5 Å². The molecule has 0 bridgehead atoms. The highest BCUT2D eigenvalue weighted by Gasteiger charge is 2.17. The van der Waals surface area contributed by atoms with Crippen molar-refractivity contribution < 1.29 is 9.47 Å². The van der Waals surface area contributed by atoms with Crippen LogP contribution in [0.4, 0.5) is 0 Å². The maximum atomic E-state index is 13.2. The molecule has 5 aromatic rings. The molecule has 3 aromatic carbocycles. The monoisotopic (exact) mass is 330 g/mol. The highest BCUT2D eigenvalue weighted by molar-refractivity contribution is 6.17. The minimum Gasteiger partial charge on any atom is -0.497 e. The average Bonchev–Trinajstić information content (AvgIpc) is 3.04. The summed E-state index contributed by atoms with van der Waals surface area (Å²) in [4.78, 5) is 17.9. The van der Waals surface area contributed by atoms with Crippen molar-refractivity contribution >= 4 is 38.2 Å². The molecule has 0 saturated heterocycles. The lowest BCUT2D eigenvalue weighted by Gasteiger charge is -2.10. The Bertz CT molecular complexity index is 1340. The molecule has 0 saturated carbocycles. The zero-order valence-corrected chi connectivity index (χ0v) is 13.7. The summed E-state index contributed by atoms with van der Waals surface area (Å²) in [6.07, 6.45) is 0. The Morgan fingerprint density at radius 3 is 2.56 bits per heavy atom. The predicted molar refractivity (Wildman–Crippen MR) is 98.3 cm³/mol. The standard InChI is InChI=1S/C20H14N2O3/c1-24-11-6-8-15-16(10-11)22-19(21-15)13-5-3-4-12-17(25-2)9-7-14(18(12)13)20(22)23/h3-10H,1-2H3. The van der Waals surface area contributed by atoms with E-state index in [1.54, 1.807) is 18.6 Å². The number of imidazole rings is 1. The van der Waals surface area contributed by atoms with Gasteiger partial charge in [0.05, 0.1) is 25.3 Å². The Balaban J connectivity index is 2.11. The van der Waals surface area contributed by atoms with Crippen molar-refractivity contribution in [2.75, 3.05) is 14.2 Å². The van der Waals surface area contributed by atoms with Crippen LogP contribution in [-0.2, 0) is 0 Å². The number of aromatic nitrogens is 2. The fourth-order valence-corrected chi connectivity index (χ4v) is 3.61. The molecule has 5 nitrogen and oxygen atoms in total. The van der Waals surface area contributed by atoms with Gasteiger partial charge >= 0.3 is 0 Å². The number of hydrogen-bond donors (Lipinski definition) is 0. The molecule has 0 radical (unpaired) electrons. The van der Waals surface area contributed by atoms with Gasteiger partial charge in [0.15, 0.2) is 0 Å². The first-order chi connectivity index (χ1) is 12.2. The first-order valence-electron chi connectivity index (χ1n) is 7.94. The Morgan fingerprint density at radius 2 is 1.76 bits per heavy atom. The third-order valence-electron chi connectivity index (χ3n) is 4.76.